The molecule has 0 radical (unpaired) electrons. The van der Waals surface area contributed by atoms with Crippen LogP contribution in [-0.4, -0.2) is 10.1 Å². The fourth-order valence-electron chi connectivity index (χ4n) is 2.08. The maximum atomic E-state index is 9.19. The van der Waals surface area contributed by atoms with Crippen LogP contribution in [0.4, 0.5) is 0 Å². The zero-order valence-corrected chi connectivity index (χ0v) is 12.1. The molecule has 1 heterocycles. The van der Waals surface area contributed by atoms with E-state index in [0.717, 1.165) is 23.4 Å². The van der Waals surface area contributed by atoms with Crippen LogP contribution in [-0.2, 0) is 13.0 Å². The van der Waals surface area contributed by atoms with Crippen LogP contribution in [0.3, 0.4) is 0 Å². The van der Waals surface area contributed by atoms with Crippen LogP contribution in [0.15, 0.2) is 36.4 Å². The molecule has 0 saturated carbocycles. The van der Waals surface area contributed by atoms with Gasteiger partial charge in [-0.25, -0.2) is 4.98 Å². The number of pyridine rings is 1. The van der Waals surface area contributed by atoms with Crippen LogP contribution in [0, 0.1) is 6.92 Å². The first-order valence-corrected chi connectivity index (χ1v) is 7.06. The molecule has 3 nitrogen and oxygen atoms in total. The third-order valence-electron chi connectivity index (χ3n) is 3.14. The Morgan fingerprint density at radius 1 is 1.10 bits per heavy atom. The summed E-state index contributed by atoms with van der Waals surface area (Å²) < 4.78 is 5.74. The Bertz CT molecular complexity index is 549. The summed E-state index contributed by atoms with van der Waals surface area (Å²) in [6.45, 7) is 4.08. The van der Waals surface area contributed by atoms with Crippen molar-refractivity contribution in [1.82, 2.24) is 4.98 Å². The molecule has 0 amide bonds. The molecule has 3 heteroatoms. The Hall–Kier alpha value is -1.87. The third-order valence-corrected chi connectivity index (χ3v) is 3.14. The Balaban J connectivity index is 2.07. The number of rotatable bonds is 6. The van der Waals surface area contributed by atoms with Crippen molar-refractivity contribution in [3.63, 3.8) is 0 Å². The van der Waals surface area contributed by atoms with Gasteiger partial charge in [0.2, 0.25) is 5.88 Å². The molecule has 0 bridgehead atoms. The molecule has 0 aliphatic heterocycles. The molecule has 0 atom stereocenters. The summed E-state index contributed by atoms with van der Waals surface area (Å²) in [5.74, 6) is 1.29. The number of aliphatic hydroxyl groups is 1. The molecule has 0 aliphatic carbocycles. The lowest BCUT2D eigenvalue weighted by molar-refractivity contribution is 0.281. The van der Waals surface area contributed by atoms with Crippen LogP contribution in [0.2, 0.25) is 0 Å². The largest absolute Gasteiger partial charge is 0.439 e. The monoisotopic (exact) mass is 271 g/mol. The molecule has 1 aromatic heterocycles. The lowest BCUT2D eigenvalue weighted by Crippen LogP contribution is -1.94. The van der Waals surface area contributed by atoms with Crippen molar-refractivity contribution in [2.24, 2.45) is 0 Å². The van der Waals surface area contributed by atoms with Gasteiger partial charge in [0.05, 0.1) is 6.61 Å². The molecule has 2 rings (SSSR count). The van der Waals surface area contributed by atoms with E-state index in [-0.39, 0.29) is 6.61 Å². The van der Waals surface area contributed by atoms with Gasteiger partial charge in [0.15, 0.2) is 0 Å². The molecule has 1 N–H and O–H groups in total. The van der Waals surface area contributed by atoms with Crippen molar-refractivity contribution in [3.8, 4) is 11.6 Å². The predicted molar refractivity (Wildman–Crippen MR) is 80.0 cm³/mol. The van der Waals surface area contributed by atoms with Gasteiger partial charge in [-0.3, -0.25) is 0 Å². The molecule has 0 saturated heterocycles. The summed E-state index contributed by atoms with van der Waals surface area (Å²) in [6.07, 6.45) is 3.52. The second-order valence-electron chi connectivity index (χ2n) is 4.96. The minimum absolute atomic E-state index is 0.00429. The molecule has 20 heavy (non-hydrogen) atoms. The number of nitrogens with zero attached hydrogens (tertiary/aromatic N) is 1. The molecule has 0 unspecified atom stereocenters. The second kappa shape index (κ2) is 7.06. The van der Waals surface area contributed by atoms with Crippen molar-refractivity contribution in [2.75, 3.05) is 0 Å². The first-order chi connectivity index (χ1) is 9.71. The van der Waals surface area contributed by atoms with E-state index in [0.29, 0.717) is 5.88 Å². The molecular weight excluding hydrogens is 250 g/mol. The lowest BCUT2D eigenvalue weighted by atomic mass is 10.1. The van der Waals surface area contributed by atoms with Crippen molar-refractivity contribution in [1.29, 1.82) is 0 Å². The van der Waals surface area contributed by atoms with E-state index in [4.69, 9.17) is 4.74 Å². The van der Waals surface area contributed by atoms with Gasteiger partial charge in [-0.05, 0) is 49.1 Å². The van der Waals surface area contributed by atoms with Crippen molar-refractivity contribution in [2.45, 2.75) is 39.7 Å². The normalized spacial score (nSPS) is 10.6. The lowest BCUT2D eigenvalue weighted by Gasteiger charge is -2.08. The Kier molecular flexibility index (Phi) is 5.13. The minimum Gasteiger partial charge on any atom is -0.439 e. The fourth-order valence-corrected chi connectivity index (χ4v) is 2.08. The maximum Gasteiger partial charge on any atom is 0.219 e. The highest BCUT2D eigenvalue weighted by Gasteiger charge is 2.03. The third kappa shape index (κ3) is 4.07. The minimum atomic E-state index is -0.00429. The van der Waals surface area contributed by atoms with Gasteiger partial charge in [0.1, 0.15) is 5.75 Å². The number of aliphatic hydroxyl groups excluding tert-OH is 1. The van der Waals surface area contributed by atoms with Crippen molar-refractivity contribution >= 4 is 0 Å². The molecular formula is C17H21NO2. The standard InChI is InChI=1S/C17H21NO2/c1-3-4-5-14-6-8-16(9-7-14)20-17-11-15(12-19)10-13(2)18-17/h6-11,19H,3-5,12H2,1-2H3. The van der Waals surface area contributed by atoms with Crippen LogP contribution in [0.25, 0.3) is 0 Å². The van der Waals surface area contributed by atoms with E-state index >= 15 is 0 Å². The van der Waals surface area contributed by atoms with Gasteiger partial charge in [0, 0.05) is 11.8 Å². The van der Waals surface area contributed by atoms with Crippen molar-refractivity contribution in [3.05, 3.63) is 53.2 Å². The Labute approximate surface area is 120 Å². The molecule has 0 spiro atoms. The summed E-state index contributed by atoms with van der Waals surface area (Å²) in [4.78, 5) is 4.32. The summed E-state index contributed by atoms with van der Waals surface area (Å²) in [7, 11) is 0. The van der Waals surface area contributed by atoms with E-state index < -0.39 is 0 Å². The van der Waals surface area contributed by atoms with Gasteiger partial charge < -0.3 is 9.84 Å². The second-order valence-corrected chi connectivity index (χ2v) is 4.96. The average Bonchev–Trinajstić information content (AvgIpc) is 2.46. The van der Waals surface area contributed by atoms with Crippen molar-refractivity contribution < 1.29 is 9.84 Å². The first-order valence-electron chi connectivity index (χ1n) is 7.06. The number of aryl methyl sites for hydroxylation is 2. The number of hydrogen-bond acceptors (Lipinski definition) is 3. The van der Waals surface area contributed by atoms with Crippen LogP contribution in [0.1, 0.15) is 36.6 Å². The molecule has 0 aliphatic rings. The zero-order valence-electron chi connectivity index (χ0n) is 12.1. The van der Waals surface area contributed by atoms with Crippen LogP contribution >= 0.6 is 0 Å². The average molecular weight is 271 g/mol. The maximum absolute atomic E-state index is 9.19. The van der Waals surface area contributed by atoms with Crippen LogP contribution < -0.4 is 4.74 Å². The topological polar surface area (TPSA) is 42.4 Å². The van der Waals surface area contributed by atoms with Gasteiger partial charge in [-0.1, -0.05) is 25.5 Å². The van der Waals surface area contributed by atoms with E-state index in [9.17, 15) is 5.11 Å². The first kappa shape index (κ1) is 14.5. The number of benzene rings is 1. The number of hydrogen-bond donors (Lipinski definition) is 1. The number of unbranched alkanes of at least 4 members (excludes halogenated alkanes) is 1. The summed E-state index contributed by atoms with van der Waals surface area (Å²) in [5, 5.41) is 9.19. The summed E-state index contributed by atoms with van der Waals surface area (Å²) >= 11 is 0. The van der Waals surface area contributed by atoms with Crippen LogP contribution in [0.5, 0.6) is 11.6 Å². The highest BCUT2D eigenvalue weighted by atomic mass is 16.5. The van der Waals surface area contributed by atoms with E-state index in [1.807, 2.05) is 25.1 Å². The Morgan fingerprint density at radius 2 is 1.85 bits per heavy atom. The molecule has 106 valence electrons. The van der Waals surface area contributed by atoms with Gasteiger partial charge in [0.25, 0.3) is 0 Å². The number of aromatic nitrogens is 1. The SMILES string of the molecule is CCCCc1ccc(Oc2cc(CO)cc(C)n2)cc1. The molecule has 2 aromatic rings. The predicted octanol–water partition coefficient (Wildman–Crippen LogP) is 4.02. The quantitative estimate of drug-likeness (QED) is 0.863. The summed E-state index contributed by atoms with van der Waals surface area (Å²) in [6, 6.07) is 11.7. The van der Waals surface area contributed by atoms with Gasteiger partial charge in [-0.2, -0.15) is 0 Å². The van der Waals surface area contributed by atoms with Gasteiger partial charge in [-0.15, -0.1) is 0 Å². The Morgan fingerprint density at radius 3 is 2.50 bits per heavy atom. The highest BCUT2D eigenvalue weighted by Crippen LogP contribution is 2.22. The highest BCUT2D eigenvalue weighted by molar-refractivity contribution is 5.32. The van der Waals surface area contributed by atoms with E-state index in [2.05, 4.69) is 24.0 Å². The number of ether oxygens (including phenoxy) is 1. The zero-order chi connectivity index (χ0) is 14.4. The smallest absolute Gasteiger partial charge is 0.219 e. The molecule has 1 aromatic carbocycles. The van der Waals surface area contributed by atoms with E-state index in [1.165, 1.54) is 18.4 Å². The van der Waals surface area contributed by atoms with Gasteiger partial charge >= 0.3 is 0 Å². The van der Waals surface area contributed by atoms with E-state index in [1.54, 1.807) is 6.07 Å². The fraction of sp³-hybridized carbons (Fsp3) is 0.353. The summed E-state index contributed by atoms with van der Waals surface area (Å²) in [5.41, 5.74) is 2.98. The molecule has 0 fully saturated rings.